The smallest absolute Gasteiger partial charge is 0.423 e. The molecule has 5 heterocycles. The molecule has 2 atom stereocenters. The summed E-state index contributed by atoms with van der Waals surface area (Å²) in [6, 6.07) is 13.1. The minimum atomic E-state index is -4.12. The Balaban J connectivity index is 1.39. The summed E-state index contributed by atoms with van der Waals surface area (Å²) in [5, 5.41) is 14.9. The molecule has 1 fully saturated rings. The number of hydrogen-bond donors (Lipinski definition) is 1. The monoisotopic (exact) mass is 670 g/mol. The van der Waals surface area contributed by atoms with Crippen molar-refractivity contribution in [2.45, 2.75) is 51.1 Å². The summed E-state index contributed by atoms with van der Waals surface area (Å²) in [6.07, 6.45) is 2.27. The Morgan fingerprint density at radius 3 is 2.65 bits per heavy atom. The van der Waals surface area contributed by atoms with Crippen LogP contribution in [0.15, 0.2) is 61.1 Å². The van der Waals surface area contributed by atoms with E-state index in [1.54, 1.807) is 47.3 Å². The third kappa shape index (κ3) is 5.72. The van der Waals surface area contributed by atoms with Crippen molar-refractivity contribution in [3.05, 3.63) is 94.3 Å². The molecular formula is C34H29ClF2N8O3. The fourth-order valence-corrected chi connectivity index (χ4v) is 6.09. The second-order valence-corrected chi connectivity index (χ2v) is 12.3. The first-order valence-corrected chi connectivity index (χ1v) is 15.6. The topological polar surface area (TPSA) is 145 Å². The zero-order valence-corrected chi connectivity index (χ0v) is 26.7. The van der Waals surface area contributed by atoms with Crippen molar-refractivity contribution < 1.29 is 23.0 Å². The Hall–Kier alpha value is -5.03. The lowest BCUT2D eigenvalue weighted by atomic mass is 9.92. The minimum Gasteiger partial charge on any atom is -0.423 e. The van der Waals surface area contributed by atoms with Gasteiger partial charge in [0.05, 0.1) is 52.1 Å². The number of rotatable bonds is 9. The van der Waals surface area contributed by atoms with Crippen LogP contribution in [0.3, 0.4) is 0 Å². The summed E-state index contributed by atoms with van der Waals surface area (Å²) in [5.41, 5.74) is 11.2. The van der Waals surface area contributed by atoms with Gasteiger partial charge in [-0.15, -0.1) is 0 Å². The molecule has 0 saturated heterocycles. The number of carbonyl (C=O) groups excluding carboxylic acids is 1. The van der Waals surface area contributed by atoms with Crippen LogP contribution in [-0.4, -0.2) is 43.9 Å². The molecule has 1 aliphatic carbocycles. The zero-order valence-electron chi connectivity index (χ0n) is 25.9. The number of hydrogen-bond acceptors (Lipinski definition) is 9. The van der Waals surface area contributed by atoms with Crippen molar-refractivity contribution in [1.29, 1.82) is 5.26 Å². The molecule has 1 amide bonds. The van der Waals surface area contributed by atoms with Crippen molar-refractivity contribution in [2.75, 3.05) is 12.0 Å². The quantitative estimate of drug-likeness (QED) is 0.184. The summed E-state index contributed by atoms with van der Waals surface area (Å²) >= 11 is 5.95. The molecule has 11 nitrogen and oxygen atoms in total. The number of benzene rings is 1. The fraction of sp³-hybridized carbons (Fsp3) is 0.294. The lowest BCUT2D eigenvalue weighted by molar-refractivity contribution is -0.193. The van der Waals surface area contributed by atoms with Gasteiger partial charge in [0.1, 0.15) is 12.3 Å². The third-order valence-corrected chi connectivity index (χ3v) is 8.89. The number of anilines is 1. The van der Waals surface area contributed by atoms with Gasteiger partial charge in [0.2, 0.25) is 0 Å². The molecule has 1 aliphatic heterocycles. The van der Waals surface area contributed by atoms with Gasteiger partial charge in [-0.25, -0.2) is 9.67 Å². The van der Waals surface area contributed by atoms with Crippen molar-refractivity contribution in [1.82, 2.24) is 24.7 Å². The van der Waals surface area contributed by atoms with Crippen LogP contribution in [0, 0.1) is 17.2 Å². The second kappa shape index (κ2) is 12.2. The summed E-state index contributed by atoms with van der Waals surface area (Å²) < 4.78 is 42.7. The number of nitrogens with zero attached hydrogens (tertiary/aromatic N) is 7. The average Bonchev–Trinajstić information content (AvgIpc) is 3.81. The molecule has 1 aromatic carbocycles. The molecule has 2 aliphatic rings. The van der Waals surface area contributed by atoms with Gasteiger partial charge in [-0.05, 0) is 74.1 Å². The van der Waals surface area contributed by atoms with E-state index in [4.69, 9.17) is 36.9 Å². The molecule has 0 bridgehead atoms. The van der Waals surface area contributed by atoms with E-state index in [1.807, 2.05) is 6.92 Å². The van der Waals surface area contributed by atoms with Crippen LogP contribution in [0.2, 0.25) is 5.02 Å². The number of nitriles is 1. The molecule has 1 saturated carbocycles. The number of methoxy groups -OCH3 is 1. The minimum absolute atomic E-state index is 0.156. The number of aromatic nitrogens is 5. The van der Waals surface area contributed by atoms with E-state index in [0.29, 0.717) is 67.7 Å². The van der Waals surface area contributed by atoms with E-state index < -0.39 is 18.2 Å². The first-order valence-electron chi connectivity index (χ1n) is 15.3. The standard InChI is InChI=1S/C34H29ClF2N8O3/c1-18(25-9-5-20(13-38)14-41-25)45-32-24(16-42-45)29(30(31(39)47-2)26(43-32)11-19-3-4-19)21-6-10-27-28(12-21)48-34(36,37)33(46)44(27)17-23-8-7-22(35)15-40-23/h5-10,12,14-16,18-19,31H,3-4,11,17,39H2,1-2H3/t18-,31?/m1/s1. The first kappa shape index (κ1) is 31.6. The van der Waals surface area contributed by atoms with Crippen LogP contribution in [0.1, 0.15) is 60.2 Å². The number of ether oxygens (including phenoxy) is 2. The summed E-state index contributed by atoms with van der Waals surface area (Å²) in [7, 11) is 1.49. The Morgan fingerprint density at radius 1 is 1.17 bits per heavy atom. The Kier molecular flexibility index (Phi) is 8.03. The van der Waals surface area contributed by atoms with Gasteiger partial charge < -0.3 is 15.2 Å². The third-order valence-electron chi connectivity index (χ3n) is 8.67. The van der Waals surface area contributed by atoms with Crippen LogP contribution in [0.4, 0.5) is 14.5 Å². The number of amides is 1. The molecule has 0 radical (unpaired) electrons. The molecule has 5 aromatic rings. The highest BCUT2D eigenvalue weighted by molar-refractivity contribution is 6.30. The predicted octanol–water partition coefficient (Wildman–Crippen LogP) is 6.10. The Bertz CT molecular complexity index is 2080. The number of nitrogens with two attached hydrogens (primary N) is 1. The van der Waals surface area contributed by atoms with Gasteiger partial charge >= 0.3 is 12.0 Å². The van der Waals surface area contributed by atoms with Crippen LogP contribution in [-0.2, 0) is 22.5 Å². The zero-order chi connectivity index (χ0) is 33.7. The first-order chi connectivity index (χ1) is 23.1. The van der Waals surface area contributed by atoms with Crippen molar-refractivity contribution in [2.24, 2.45) is 11.7 Å². The lowest BCUT2D eigenvalue weighted by Gasteiger charge is -2.33. The molecule has 48 heavy (non-hydrogen) atoms. The summed E-state index contributed by atoms with van der Waals surface area (Å²) in [5.74, 6) is -1.28. The van der Waals surface area contributed by atoms with Crippen LogP contribution in [0.5, 0.6) is 5.75 Å². The molecule has 7 rings (SSSR count). The lowest BCUT2D eigenvalue weighted by Crippen LogP contribution is -2.50. The van der Waals surface area contributed by atoms with E-state index in [2.05, 4.69) is 16.0 Å². The SMILES string of the molecule is COC(N)c1c(CC2CC2)nc2c(cnn2[C@H](C)c2ccc(C#N)cn2)c1-c1ccc2c(c1)OC(F)(F)C(=O)N2Cc1ccc(Cl)cn1. The van der Waals surface area contributed by atoms with E-state index >= 15 is 8.78 Å². The van der Waals surface area contributed by atoms with Gasteiger partial charge in [-0.1, -0.05) is 17.7 Å². The van der Waals surface area contributed by atoms with Crippen LogP contribution >= 0.6 is 11.6 Å². The fourth-order valence-electron chi connectivity index (χ4n) is 5.98. The van der Waals surface area contributed by atoms with Crippen molar-refractivity contribution >= 4 is 34.2 Å². The number of fused-ring (bicyclic) bond motifs is 2. The van der Waals surface area contributed by atoms with Gasteiger partial charge in [0, 0.05) is 36.0 Å². The van der Waals surface area contributed by atoms with E-state index in [0.717, 1.165) is 17.7 Å². The molecule has 4 aromatic heterocycles. The van der Waals surface area contributed by atoms with Gasteiger partial charge in [0.15, 0.2) is 11.4 Å². The average molecular weight is 671 g/mol. The number of halogens is 3. The number of pyridine rings is 3. The largest absolute Gasteiger partial charge is 0.482 e. The maximum Gasteiger partial charge on any atom is 0.482 e. The highest BCUT2D eigenvalue weighted by Gasteiger charge is 2.50. The maximum absolute atomic E-state index is 15.1. The van der Waals surface area contributed by atoms with Gasteiger partial charge in [-0.3, -0.25) is 19.7 Å². The molecule has 1 unspecified atom stereocenters. The Morgan fingerprint density at radius 2 is 1.98 bits per heavy atom. The number of alkyl halides is 2. The van der Waals surface area contributed by atoms with Gasteiger partial charge in [-0.2, -0.15) is 19.1 Å². The Labute approximate surface area is 278 Å². The highest BCUT2D eigenvalue weighted by atomic mass is 35.5. The van der Waals surface area contributed by atoms with Crippen LogP contribution in [0.25, 0.3) is 22.2 Å². The normalized spacial score (nSPS) is 16.7. The van der Waals surface area contributed by atoms with Gasteiger partial charge in [0.25, 0.3) is 0 Å². The molecule has 2 N–H and O–H groups in total. The molecular weight excluding hydrogens is 642 g/mol. The second-order valence-electron chi connectivity index (χ2n) is 11.9. The maximum atomic E-state index is 15.1. The van der Waals surface area contributed by atoms with E-state index in [9.17, 15) is 10.1 Å². The van der Waals surface area contributed by atoms with Crippen molar-refractivity contribution in [3.8, 4) is 22.9 Å². The summed E-state index contributed by atoms with van der Waals surface area (Å²) in [6.45, 7) is 1.70. The molecule has 0 spiro atoms. The highest BCUT2D eigenvalue weighted by Crippen LogP contribution is 2.46. The van der Waals surface area contributed by atoms with E-state index in [-0.39, 0.29) is 24.0 Å². The van der Waals surface area contributed by atoms with E-state index in [1.165, 1.54) is 25.6 Å². The molecule has 14 heteroatoms. The molecule has 244 valence electrons. The van der Waals surface area contributed by atoms with Crippen LogP contribution < -0.4 is 15.4 Å². The number of carbonyl (C=O) groups is 1. The predicted molar refractivity (Wildman–Crippen MR) is 172 cm³/mol. The summed E-state index contributed by atoms with van der Waals surface area (Å²) in [4.78, 5) is 27.6. The van der Waals surface area contributed by atoms with Crippen molar-refractivity contribution in [3.63, 3.8) is 0 Å².